The third-order valence-corrected chi connectivity index (χ3v) is 3.50. The van der Waals surface area contributed by atoms with Crippen molar-refractivity contribution in [2.24, 2.45) is 0 Å². The van der Waals surface area contributed by atoms with Crippen molar-refractivity contribution in [3.05, 3.63) is 60.4 Å². The van der Waals surface area contributed by atoms with Crippen LogP contribution in [0.5, 0.6) is 0 Å². The normalized spacial score (nSPS) is 11.0. The Kier molecular flexibility index (Phi) is 3.23. The summed E-state index contributed by atoms with van der Waals surface area (Å²) >= 11 is 0. The summed E-state index contributed by atoms with van der Waals surface area (Å²) in [5.74, 6) is 1.53. The number of hydrogen-bond acceptors (Lipinski definition) is 5. The van der Waals surface area contributed by atoms with Crippen LogP contribution < -0.4 is 5.32 Å². The van der Waals surface area contributed by atoms with Gasteiger partial charge in [0.05, 0.1) is 6.54 Å². The molecular weight excluding hydrogens is 290 g/mol. The van der Waals surface area contributed by atoms with Crippen molar-refractivity contribution in [3.63, 3.8) is 0 Å². The van der Waals surface area contributed by atoms with Crippen LogP contribution in [-0.4, -0.2) is 29.7 Å². The summed E-state index contributed by atoms with van der Waals surface area (Å²) < 4.78 is 1.89. The molecule has 23 heavy (non-hydrogen) atoms. The lowest BCUT2D eigenvalue weighted by Gasteiger charge is -2.08. The van der Waals surface area contributed by atoms with E-state index in [1.54, 1.807) is 6.20 Å². The predicted octanol–water partition coefficient (Wildman–Crippen LogP) is 2.65. The third-order valence-electron chi connectivity index (χ3n) is 3.50. The lowest BCUT2D eigenvalue weighted by molar-refractivity contribution is 0.687. The number of nitrogens with zero attached hydrogens (tertiary/aromatic N) is 5. The molecule has 0 atom stereocenters. The molecule has 0 unspecified atom stereocenters. The number of nitrogens with one attached hydrogen (secondary N) is 2. The van der Waals surface area contributed by atoms with Gasteiger partial charge in [-0.3, -0.25) is 4.68 Å². The number of fused-ring (bicyclic) bond motifs is 1. The van der Waals surface area contributed by atoms with E-state index in [1.165, 1.54) is 6.33 Å². The third kappa shape index (κ3) is 2.76. The molecule has 3 aromatic heterocycles. The molecule has 2 N–H and O–H groups in total. The zero-order chi connectivity index (χ0) is 15.6. The van der Waals surface area contributed by atoms with E-state index < -0.39 is 0 Å². The first-order valence-electron chi connectivity index (χ1n) is 7.29. The number of aromatic nitrogens is 6. The average Bonchev–Trinajstić information content (AvgIpc) is 3.17. The highest BCUT2D eigenvalue weighted by Gasteiger charge is 2.08. The zero-order valence-electron chi connectivity index (χ0n) is 12.6. The number of aryl methyl sites for hydroxylation is 1. The number of H-pyrrole nitrogens is 1. The average molecular weight is 305 g/mol. The summed E-state index contributed by atoms with van der Waals surface area (Å²) in [6, 6.07) is 10.1. The summed E-state index contributed by atoms with van der Waals surface area (Å²) in [7, 11) is 0. The molecule has 0 aliphatic heterocycles. The van der Waals surface area contributed by atoms with Gasteiger partial charge < -0.3 is 10.3 Å². The van der Waals surface area contributed by atoms with Crippen LogP contribution in [0.15, 0.2) is 49.1 Å². The van der Waals surface area contributed by atoms with E-state index in [2.05, 4.69) is 42.5 Å². The van der Waals surface area contributed by atoms with Crippen molar-refractivity contribution >= 4 is 22.7 Å². The van der Waals surface area contributed by atoms with Gasteiger partial charge >= 0.3 is 0 Å². The molecule has 4 aromatic rings. The largest absolute Gasteiger partial charge is 0.338 e. The predicted molar refractivity (Wildman–Crippen MR) is 87.5 cm³/mol. The van der Waals surface area contributed by atoms with E-state index >= 15 is 0 Å². The molecule has 7 nitrogen and oxygen atoms in total. The Bertz CT molecular complexity index is 940. The van der Waals surface area contributed by atoms with Crippen molar-refractivity contribution in [3.8, 4) is 0 Å². The molecule has 114 valence electrons. The Hall–Kier alpha value is -3.22. The molecule has 0 bridgehead atoms. The van der Waals surface area contributed by atoms with E-state index in [4.69, 9.17) is 0 Å². The minimum Gasteiger partial charge on any atom is -0.338 e. The number of imidazole rings is 1. The van der Waals surface area contributed by atoms with Crippen molar-refractivity contribution in [2.75, 3.05) is 5.32 Å². The van der Waals surface area contributed by atoms with Gasteiger partial charge in [0.2, 0.25) is 0 Å². The van der Waals surface area contributed by atoms with Crippen LogP contribution in [0, 0.1) is 6.92 Å². The molecule has 0 spiro atoms. The summed E-state index contributed by atoms with van der Waals surface area (Å²) in [5.41, 5.74) is 3.59. The second-order valence-corrected chi connectivity index (χ2v) is 5.27. The van der Waals surface area contributed by atoms with Crippen LogP contribution in [0.25, 0.3) is 11.2 Å². The number of rotatable bonds is 4. The van der Waals surface area contributed by atoms with Gasteiger partial charge in [-0.1, -0.05) is 12.1 Å². The van der Waals surface area contributed by atoms with Gasteiger partial charge in [0.15, 0.2) is 11.5 Å². The molecule has 0 radical (unpaired) electrons. The first kappa shape index (κ1) is 13.4. The van der Waals surface area contributed by atoms with E-state index in [0.29, 0.717) is 11.5 Å². The van der Waals surface area contributed by atoms with Crippen LogP contribution in [0.2, 0.25) is 0 Å². The van der Waals surface area contributed by atoms with Gasteiger partial charge in [-0.05, 0) is 30.7 Å². The molecule has 0 saturated carbocycles. The highest BCUT2D eigenvalue weighted by Crippen LogP contribution is 2.22. The molecule has 0 saturated heterocycles. The fourth-order valence-corrected chi connectivity index (χ4v) is 2.50. The van der Waals surface area contributed by atoms with E-state index in [9.17, 15) is 0 Å². The van der Waals surface area contributed by atoms with E-state index in [-0.39, 0.29) is 0 Å². The van der Waals surface area contributed by atoms with Crippen molar-refractivity contribution in [2.45, 2.75) is 13.5 Å². The summed E-state index contributed by atoms with van der Waals surface area (Å²) in [4.78, 5) is 16.0. The Morgan fingerprint density at radius 1 is 1.22 bits per heavy atom. The minimum atomic E-state index is 0.660. The van der Waals surface area contributed by atoms with Gasteiger partial charge in [0, 0.05) is 18.1 Å². The Morgan fingerprint density at radius 3 is 3.04 bits per heavy atom. The summed E-state index contributed by atoms with van der Waals surface area (Å²) in [5, 5.41) is 7.56. The number of aromatic amines is 1. The second kappa shape index (κ2) is 5.53. The molecule has 0 amide bonds. The lowest BCUT2D eigenvalue weighted by atomic mass is 10.2. The van der Waals surface area contributed by atoms with Gasteiger partial charge in [-0.15, -0.1) is 0 Å². The maximum atomic E-state index is 4.32. The first-order chi connectivity index (χ1) is 11.3. The Morgan fingerprint density at radius 2 is 2.17 bits per heavy atom. The smallest absolute Gasteiger partial charge is 0.183 e. The zero-order valence-corrected chi connectivity index (χ0v) is 12.6. The van der Waals surface area contributed by atoms with E-state index in [1.807, 2.05) is 36.0 Å². The molecule has 3 heterocycles. The summed E-state index contributed by atoms with van der Waals surface area (Å²) in [6.45, 7) is 2.63. The van der Waals surface area contributed by atoms with Crippen molar-refractivity contribution in [1.29, 1.82) is 0 Å². The molecule has 1 aromatic carbocycles. The first-order valence-corrected chi connectivity index (χ1v) is 7.29. The van der Waals surface area contributed by atoms with Crippen LogP contribution >= 0.6 is 0 Å². The lowest BCUT2D eigenvalue weighted by Crippen LogP contribution is -2.01. The van der Waals surface area contributed by atoms with Crippen molar-refractivity contribution < 1.29 is 0 Å². The van der Waals surface area contributed by atoms with Gasteiger partial charge in [-0.25, -0.2) is 15.0 Å². The molecule has 0 fully saturated rings. The van der Waals surface area contributed by atoms with Gasteiger partial charge in [0.1, 0.15) is 17.7 Å². The number of benzene rings is 1. The SMILES string of the molecule is Cc1nc2ncnc(Nc3cccc(Cn4cccn4)c3)c2[nH]1. The van der Waals surface area contributed by atoms with Crippen LogP contribution in [-0.2, 0) is 6.54 Å². The summed E-state index contributed by atoms with van der Waals surface area (Å²) in [6.07, 6.45) is 5.24. The quantitative estimate of drug-likeness (QED) is 0.605. The Labute approximate surface area is 132 Å². The fourth-order valence-electron chi connectivity index (χ4n) is 2.50. The molecular formula is C16H15N7. The van der Waals surface area contributed by atoms with Crippen LogP contribution in [0.4, 0.5) is 11.5 Å². The van der Waals surface area contributed by atoms with E-state index in [0.717, 1.165) is 29.1 Å². The molecule has 7 heteroatoms. The fraction of sp³-hybridized carbons (Fsp3) is 0.125. The standard InChI is InChI=1S/C16H15N7/c1-11-20-14-15(21-11)17-10-18-16(14)22-13-5-2-4-12(8-13)9-23-7-3-6-19-23/h2-8,10H,9H2,1H3,(H2,17,18,20,21,22). The van der Waals surface area contributed by atoms with Gasteiger partial charge in [-0.2, -0.15) is 5.10 Å². The maximum Gasteiger partial charge on any atom is 0.183 e. The topological polar surface area (TPSA) is 84.3 Å². The van der Waals surface area contributed by atoms with Crippen LogP contribution in [0.3, 0.4) is 0 Å². The van der Waals surface area contributed by atoms with Crippen LogP contribution in [0.1, 0.15) is 11.4 Å². The molecule has 4 rings (SSSR count). The van der Waals surface area contributed by atoms with Gasteiger partial charge in [0.25, 0.3) is 0 Å². The number of anilines is 2. The second-order valence-electron chi connectivity index (χ2n) is 5.27. The highest BCUT2D eigenvalue weighted by atomic mass is 15.3. The number of hydrogen-bond donors (Lipinski definition) is 2. The molecule has 0 aliphatic rings. The minimum absolute atomic E-state index is 0.660. The monoisotopic (exact) mass is 305 g/mol. The van der Waals surface area contributed by atoms with Crippen molar-refractivity contribution in [1.82, 2.24) is 29.7 Å². The molecule has 0 aliphatic carbocycles. The highest BCUT2D eigenvalue weighted by molar-refractivity contribution is 5.84. The Balaban J connectivity index is 1.63. The maximum absolute atomic E-state index is 4.32.